The number of aryl methyl sites for hydroxylation is 1. The normalized spacial score (nSPS) is 12.0. The summed E-state index contributed by atoms with van der Waals surface area (Å²) in [5, 5.41) is 14.1. The summed E-state index contributed by atoms with van der Waals surface area (Å²) in [6.45, 7) is 3.53. The molecular weight excluding hydrogens is 373 g/mol. The van der Waals surface area contributed by atoms with E-state index in [9.17, 15) is 9.18 Å². The minimum atomic E-state index is -0.312. The van der Waals surface area contributed by atoms with E-state index in [2.05, 4.69) is 20.8 Å². The fraction of sp³-hybridized carbons (Fsp3) is 0.143. The van der Waals surface area contributed by atoms with Crippen molar-refractivity contribution < 1.29 is 13.6 Å². The van der Waals surface area contributed by atoms with Gasteiger partial charge in [0.25, 0.3) is 5.91 Å². The van der Waals surface area contributed by atoms with Crippen LogP contribution in [0.4, 0.5) is 4.39 Å². The van der Waals surface area contributed by atoms with Gasteiger partial charge in [0.1, 0.15) is 17.9 Å². The smallest absolute Gasteiger partial charge is 0.251 e. The Morgan fingerprint density at radius 1 is 1.17 bits per heavy atom. The van der Waals surface area contributed by atoms with Crippen LogP contribution in [0, 0.1) is 12.7 Å². The topological polar surface area (TPSA) is 85.8 Å². The number of nitrogens with one attached hydrogen (secondary N) is 1. The highest BCUT2D eigenvalue weighted by Gasteiger charge is 2.16. The number of tetrazole rings is 1. The first-order valence-electron chi connectivity index (χ1n) is 9.00. The molecule has 0 radical (unpaired) electrons. The Kier molecular flexibility index (Phi) is 4.90. The van der Waals surface area contributed by atoms with E-state index in [0.29, 0.717) is 33.7 Å². The van der Waals surface area contributed by atoms with Crippen LogP contribution in [-0.2, 0) is 0 Å². The first-order chi connectivity index (χ1) is 14.0. The minimum absolute atomic E-state index is 0.294. The molecule has 1 unspecified atom stereocenters. The van der Waals surface area contributed by atoms with Gasteiger partial charge in [-0.3, -0.25) is 4.79 Å². The molecule has 2 heterocycles. The van der Waals surface area contributed by atoms with E-state index in [1.165, 1.54) is 17.1 Å². The number of hydrogen-bond acceptors (Lipinski definition) is 5. The van der Waals surface area contributed by atoms with Crippen LogP contribution < -0.4 is 5.32 Å². The van der Waals surface area contributed by atoms with E-state index >= 15 is 0 Å². The van der Waals surface area contributed by atoms with Gasteiger partial charge in [-0.15, -0.1) is 5.10 Å². The third-order valence-corrected chi connectivity index (χ3v) is 4.62. The number of nitrogens with zero attached hydrogens (tertiary/aromatic N) is 4. The third-order valence-electron chi connectivity index (χ3n) is 4.62. The largest absolute Gasteiger partial charge is 0.467 e. The van der Waals surface area contributed by atoms with Crippen molar-refractivity contribution in [3.05, 3.63) is 83.8 Å². The van der Waals surface area contributed by atoms with Crippen molar-refractivity contribution in [1.82, 2.24) is 25.5 Å². The van der Waals surface area contributed by atoms with Gasteiger partial charge in [-0.25, -0.2) is 9.07 Å². The maximum Gasteiger partial charge on any atom is 0.251 e. The second-order valence-electron chi connectivity index (χ2n) is 6.70. The van der Waals surface area contributed by atoms with Crippen molar-refractivity contribution in [2.24, 2.45) is 0 Å². The van der Waals surface area contributed by atoms with Crippen LogP contribution in [0.25, 0.3) is 16.8 Å². The molecule has 0 saturated heterocycles. The Morgan fingerprint density at radius 3 is 2.72 bits per heavy atom. The number of aromatic nitrogens is 4. The molecule has 7 nitrogen and oxygen atoms in total. The third kappa shape index (κ3) is 3.91. The Labute approximate surface area is 166 Å². The molecule has 0 bridgehead atoms. The Balaban J connectivity index is 1.73. The summed E-state index contributed by atoms with van der Waals surface area (Å²) in [7, 11) is 0. The Hall–Kier alpha value is -3.81. The van der Waals surface area contributed by atoms with E-state index in [0.717, 1.165) is 0 Å². The highest BCUT2D eigenvalue weighted by molar-refractivity contribution is 5.96. The van der Waals surface area contributed by atoms with Crippen molar-refractivity contribution in [2.45, 2.75) is 19.9 Å². The number of amides is 1. The first kappa shape index (κ1) is 18.5. The van der Waals surface area contributed by atoms with Gasteiger partial charge in [-0.2, -0.15) is 0 Å². The molecule has 1 amide bonds. The second kappa shape index (κ2) is 7.67. The SMILES string of the molecule is Cc1ccc(-c2cc(C(=O)NC(C)c3ccco3)cc(-n3cnnn3)c2)cc1F. The second-order valence-corrected chi connectivity index (χ2v) is 6.70. The molecule has 146 valence electrons. The highest BCUT2D eigenvalue weighted by Crippen LogP contribution is 2.26. The Morgan fingerprint density at radius 2 is 2.03 bits per heavy atom. The van der Waals surface area contributed by atoms with Gasteiger partial charge < -0.3 is 9.73 Å². The van der Waals surface area contributed by atoms with Crippen LogP contribution in [0.15, 0.2) is 65.5 Å². The van der Waals surface area contributed by atoms with Crippen LogP contribution in [0.2, 0.25) is 0 Å². The van der Waals surface area contributed by atoms with Gasteiger partial charge >= 0.3 is 0 Å². The molecule has 2 aromatic carbocycles. The lowest BCUT2D eigenvalue weighted by atomic mass is 10.00. The van der Waals surface area contributed by atoms with Crippen molar-refractivity contribution in [2.75, 3.05) is 0 Å². The zero-order chi connectivity index (χ0) is 20.4. The van der Waals surface area contributed by atoms with Crippen LogP contribution in [0.3, 0.4) is 0 Å². The minimum Gasteiger partial charge on any atom is -0.467 e. The van der Waals surface area contributed by atoms with Crippen molar-refractivity contribution in [3.8, 4) is 16.8 Å². The van der Waals surface area contributed by atoms with E-state index < -0.39 is 0 Å². The van der Waals surface area contributed by atoms with Gasteiger partial charge in [0.15, 0.2) is 0 Å². The van der Waals surface area contributed by atoms with Crippen LogP contribution in [0.1, 0.15) is 34.6 Å². The summed E-state index contributed by atoms with van der Waals surface area (Å²) in [6.07, 6.45) is 2.99. The standard InChI is InChI=1S/C21H18FN5O2/c1-13-5-6-15(11-19(13)22)16-8-17(10-18(9-16)27-12-23-25-26-27)21(28)24-14(2)20-4-3-7-29-20/h3-12,14H,1-2H3,(H,24,28). The zero-order valence-corrected chi connectivity index (χ0v) is 15.8. The van der Waals surface area contributed by atoms with Crippen molar-refractivity contribution >= 4 is 5.91 Å². The number of benzene rings is 2. The number of furan rings is 1. The first-order valence-corrected chi connectivity index (χ1v) is 9.00. The fourth-order valence-electron chi connectivity index (χ4n) is 2.98. The summed E-state index contributed by atoms with van der Waals surface area (Å²) in [6, 6.07) is 13.4. The quantitative estimate of drug-likeness (QED) is 0.558. The highest BCUT2D eigenvalue weighted by atomic mass is 19.1. The zero-order valence-electron chi connectivity index (χ0n) is 15.8. The predicted octanol–water partition coefficient (Wildman–Crippen LogP) is 3.86. The molecule has 0 spiro atoms. The number of carbonyl (C=O) groups excluding carboxylic acids is 1. The summed E-state index contributed by atoms with van der Waals surface area (Å²) in [5.41, 5.74) is 2.86. The van der Waals surface area contributed by atoms with E-state index in [-0.39, 0.29) is 17.8 Å². The number of carbonyl (C=O) groups is 1. The number of hydrogen-bond donors (Lipinski definition) is 1. The lowest BCUT2D eigenvalue weighted by Gasteiger charge is -2.14. The molecule has 0 saturated carbocycles. The molecule has 0 aliphatic heterocycles. The summed E-state index contributed by atoms with van der Waals surface area (Å²) >= 11 is 0. The van der Waals surface area contributed by atoms with E-state index in [4.69, 9.17) is 4.42 Å². The Bertz CT molecular complexity index is 1140. The molecule has 4 rings (SSSR count). The average Bonchev–Trinajstić information content (AvgIpc) is 3.44. The molecule has 2 aromatic heterocycles. The van der Waals surface area contributed by atoms with Crippen LogP contribution in [0.5, 0.6) is 0 Å². The lowest BCUT2D eigenvalue weighted by Crippen LogP contribution is -2.26. The number of halogens is 1. The fourth-order valence-corrected chi connectivity index (χ4v) is 2.98. The maximum absolute atomic E-state index is 14.1. The van der Waals surface area contributed by atoms with Crippen LogP contribution in [-0.4, -0.2) is 26.1 Å². The molecule has 29 heavy (non-hydrogen) atoms. The van der Waals surface area contributed by atoms with Gasteiger partial charge in [0.05, 0.1) is 18.0 Å². The summed E-state index contributed by atoms with van der Waals surface area (Å²) in [5.74, 6) is 0.0428. The lowest BCUT2D eigenvalue weighted by molar-refractivity contribution is 0.0935. The van der Waals surface area contributed by atoms with Gasteiger partial charge in [0, 0.05) is 5.56 Å². The molecule has 8 heteroatoms. The van der Waals surface area contributed by atoms with Gasteiger partial charge in [0.2, 0.25) is 0 Å². The monoisotopic (exact) mass is 391 g/mol. The van der Waals surface area contributed by atoms with Crippen molar-refractivity contribution in [1.29, 1.82) is 0 Å². The molecule has 1 N–H and O–H groups in total. The predicted molar refractivity (Wildman–Crippen MR) is 104 cm³/mol. The molecule has 0 aliphatic carbocycles. The van der Waals surface area contributed by atoms with E-state index in [1.807, 2.05) is 13.0 Å². The van der Waals surface area contributed by atoms with E-state index in [1.54, 1.807) is 49.6 Å². The van der Waals surface area contributed by atoms with Crippen LogP contribution >= 0.6 is 0 Å². The summed E-state index contributed by atoms with van der Waals surface area (Å²) in [4.78, 5) is 12.9. The molecule has 1 atom stereocenters. The number of rotatable bonds is 5. The van der Waals surface area contributed by atoms with Crippen molar-refractivity contribution in [3.63, 3.8) is 0 Å². The van der Waals surface area contributed by atoms with Gasteiger partial charge in [-0.05, 0) is 77.4 Å². The molecular formula is C21H18FN5O2. The average molecular weight is 391 g/mol. The molecule has 0 fully saturated rings. The molecule has 4 aromatic rings. The van der Waals surface area contributed by atoms with Gasteiger partial charge in [-0.1, -0.05) is 12.1 Å². The summed E-state index contributed by atoms with van der Waals surface area (Å²) < 4.78 is 20.9. The maximum atomic E-state index is 14.1. The molecule has 0 aliphatic rings.